The molecule has 1 aromatic carbocycles. The summed E-state index contributed by atoms with van der Waals surface area (Å²) in [7, 11) is 0. The average molecular weight is 396 g/mol. The van der Waals surface area contributed by atoms with Crippen LogP contribution in [0.1, 0.15) is 34.8 Å². The molecule has 2 fully saturated rings. The van der Waals surface area contributed by atoms with Gasteiger partial charge in [-0.1, -0.05) is 6.07 Å². The molecule has 2 aliphatic rings. The first-order valence-electron chi connectivity index (χ1n) is 10.3. The molecule has 154 valence electrons. The number of piperidine rings is 1. The second kappa shape index (κ2) is 8.80. The predicted molar refractivity (Wildman–Crippen MR) is 114 cm³/mol. The summed E-state index contributed by atoms with van der Waals surface area (Å²) < 4.78 is 7.14. The molecule has 0 bridgehead atoms. The largest absolute Gasteiger partial charge is 0.378 e. The molecular weight excluding hydrogens is 368 g/mol. The molecule has 0 unspecified atom stereocenters. The Kier molecular flexibility index (Phi) is 5.97. The Bertz CT molecular complexity index is 928. The van der Waals surface area contributed by atoms with Gasteiger partial charge in [0.05, 0.1) is 13.2 Å². The van der Waals surface area contributed by atoms with Gasteiger partial charge in [0.1, 0.15) is 5.56 Å². The highest BCUT2D eigenvalue weighted by atomic mass is 16.5. The van der Waals surface area contributed by atoms with Crippen LogP contribution < -0.4 is 21.1 Å². The minimum Gasteiger partial charge on any atom is -0.378 e. The van der Waals surface area contributed by atoms with Crippen molar-refractivity contribution in [2.24, 2.45) is 0 Å². The number of hydrogen-bond acceptors (Lipinski definition) is 5. The summed E-state index contributed by atoms with van der Waals surface area (Å²) in [6, 6.07) is 9.76. The van der Waals surface area contributed by atoms with E-state index < -0.39 is 0 Å². The highest BCUT2D eigenvalue weighted by Gasteiger charge is 2.21. The van der Waals surface area contributed by atoms with Crippen molar-refractivity contribution in [3.63, 3.8) is 0 Å². The quantitative estimate of drug-likeness (QED) is 0.829. The third-order valence-electron chi connectivity index (χ3n) is 5.74. The third kappa shape index (κ3) is 4.36. The van der Waals surface area contributed by atoms with E-state index in [1.54, 1.807) is 4.57 Å². The summed E-state index contributed by atoms with van der Waals surface area (Å²) in [5, 5.41) is 6.24. The maximum atomic E-state index is 13.1. The zero-order chi connectivity index (χ0) is 20.2. The number of ether oxygens (including phenoxy) is 1. The Hall–Kier alpha value is -2.64. The van der Waals surface area contributed by atoms with Crippen molar-refractivity contribution in [1.29, 1.82) is 0 Å². The molecule has 4 rings (SSSR count). The van der Waals surface area contributed by atoms with E-state index in [1.807, 2.05) is 43.5 Å². The Morgan fingerprint density at radius 2 is 1.93 bits per heavy atom. The van der Waals surface area contributed by atoms with E-state index >= 15 is 0 Å². The van der Waals surface area contributed by atoms with Gasteiger partial charge in [0, 0.05) is 36.7 Å². The first-order chi connectivity index (χ1) is 14.1. The Labute approximate surface area is 170 Å². The minimum atomic E-state index is -0.352. The minimum absolute atomic E-state index is 0.139. The molecule has 3 heterocycles. The van der Waals surface area contributed by atoms with Gasteiger partial charge in [0.2, 0.25) is 0 Å². The lowest BCUT2D eigenvalue weighted by Crippen LogP contribution is -2.37. The number of pyridine rings is 1. The smallest absolute Gasteiger partial charge is 0.263 e. The predicted octanol–water partition coefficient (Wildman–Crippen LogP) is 2.17. The number of amides is 1. The van der Waals surface area contributed by atoms with Crippen molar-refractivity contribution in [2.75, 3.05) is 49.6 Å². The standard InChI is InChI=1S/C22H28N4O3/c1-16-7-10-26(18-5-8-23-9-6-18)22(28)20(16)21(27)24-17-3-2-4-19(15-17)25-11-13-29-14-12-25/h2-4,7,10,15,18,23H,5-6,8-9,11-14H2,1H3,(H,24,27). The molecule has 29 heavy (non-hydrogen) atoms. The zero-order valence-corrected chi connectivity index (χ0v) is 16.8. The molecule has 2 saturated heterocycles. The van der Waals surface area contributed by atoms with E-state index in [0.717, 1.165) is 44.7 Å². The number of rotatable bonds is 4. The van der Waals surface area contributed by atoms with Crippen LogP contribution in [0.4, 0.5) is 11.4 Å². The third-order valence-corrected chi connectivity index (χ3v) is 5.74. The van der Waals surface area contributed by atoms with Gasteiger partial charge < -0.3 is 24.8 Å². The SMILES string of the molecule is Cc1ccn(C2CCNCC2)c(=O)c1C(=O)Nc1cccc(N2CCOCC2)c1. The van der Waals surface area contributed by atoms with Gasteiger partial charge >= 0.3 is 0 Å². The van der Waals surface area contributed by atoms with Crippen LogP contribution in [-0.4, -0.2) is 49.9 Å². The number of hydrogen-bond donors (Lipinski definition) is 2. The number of nitrogens with zero attached hydrogens (tertiary/aromatic N) is 2. The topological polar surface area (TPSA) is 75.6 Å². The molecule has 2 aromatic rings. The van der Waals surface area contributed by atoms with Crippen LogP contribution in [0.2, 0.25) is 0 Å². The molecule has 2 N–H and O–H groups in total. The van der Waals surface area contributed by atoms with Crippen LogP contribution in [0.25, 0.3) is 0 Å². The molecule has 1 aromatic heterocycles. The summed E-state index contributed by atoms with van der Waals surface area (Å²) in [4.78, 5) is 28.3. The van der Waals surface area contributed by atoms with Crippen LogP contribution in [0, 0.1) is 6.92 Å². The number of anilines is 2. The summed E-state index contributed by atoms with van der Waals surface area (Å²) in [5.74, 6) is -0.352. The molecule has 7 nitrogen and oxygen atoms in total. The van der Waals surface area contributed by atoms with E-state index in [0.29, 0.717) is 24.5 Å². The highest BCUT2D eigenvalue weighted by molar-refractivity contribution is 6.05. The molecule has 1 amide bonds. The molecular formula is C22H28N4O3. The van der Waals surface area contributed by atoms with Crippen LogP contribution in [0.5, 0.6) is 0 Å². The molecule has 7 heteroatoms. The summed E-state index contributed by atoms with van der Waals surface area (Å²) in [6.07, 6.45) is 3.61. The molecule has 2 aliphatic heterocycles. The second-order valence-corrected chi connectivity index (χ2v) is 7.67. The maximum absolute atomic E-state index is 13.1. The fourth-order valence-corrected chi connectivity index (χ4v) is 4.09. The van der Waals surface area contributed by atoms with E-state index in [2.05, 4.69) is 15.5 Å². The van der Waals surface area contributed by atoms with Crippen LogP contribution in [-0.2, 0) is 4.74 Å². The lowest BCUT2D eigenvalue weighted by Gasteiger charge is -2.29. The Morgan fingerprint density at radius 3 is 2.69 bits per heavy atom. The number of carbonyl (C=O) groups excluding carboxylic acids is 1. The summed E-state index contributed by atoms with van der Waals surface area (Å²) >= 11 is 0. The number of nitrogens with one attached hydrogen (secondary N) is 2. The molecule has 0 radical (unpaired) electrons. The van der Waals surface area contributed by atoms with Crippen LogP contribution in [0.3, 0.4) is 0 Å². The van der Waals surface area contributed by atoms with Crippen LogP contribution >= 0.6 is 0 Å². The second-order valence-electron chi connectivity index (χ2n) is 7.67. The van der Waals surface area contributed by atoms with Gasteiger partial charge in [0.25, 0.3) is 11.5 Å². The lowest BCUT2D eigenvalue weighted by molar-refractivity contribution is 0.102. The summed E-state index contributed by atoms with van der Waals surface area (Å²) in [5.41, 5.74) is 2.45. The molecule has 0 aliphatic carbocycles. The Balaban J connectivity index is 1.56. The van der Waals surface area contributed by atoms with Crippen molar-refractivity contribution < 1.29 is 9.53 Å². The first kappa shape index (κ1) is 19.7. The van der Waals surface area contributed by atoms with Crippen molar-refractivity contribution in [1.82, 2.24) is 9.88 Å². The fourth-order valence-electron chi connectivity index (χ4n) is 4.09. The van der Waals surface area contributed by atoms with Gasteiger partial charge in [0.15, 0.2) is 0 Å². The van der Waals surface area contributed by atoms with E-state index in [9.17, 15) is 9.59 Å². The molecule has 0 saturated carbocycles. The fraction of sp³-hybridized carbons (Fsp3) is 0.455. The van der Waals surface area contributed by atoms with Gasteiger partial charge in [-0.3, -0.25) is 9.59 Å². The van der Waals surface area contributed by atoms with E-state index in [4.69, 9.17) is 4.74 Å². The number of aryl methyl sites for hydroxylation is 1. The van der Waals surface area contributed by atoms with Gasteiger partial charge in [-0.25, -0.2) is 0 Å². The van der Waals surface area contributed by atoms with Crippen molar-refractivity contribution in [3.05, 3.63) is 58.0 Å². The lowest BCUT2D eigenvalue weighted by atomic mass is 10.0. The van der Waals surface area contributed by atoms with Crippen molar-refractivity contribution in [2.45, 2.75) is 25.8 Å². The maximum Gasteiger partial charge on any atom is 0.263 e. The van der Waals surface area contributed by atoms with Crippen LogP contribution in [0.15, 0.2) is 41.3 Å². The first-order valence-corrected chi connectivity index (χ1v) is 10.3. The van der Waals surface area contributed by atoms with Crippen molar-refractivity contribution >= 4 is 17.3 Å². The van der Waals surface area contributed by atoms with Crippen molar-refractivity contribution in [3.8, 4) is 0 Å². The number of carbonyl (C=O) groups is 1. The number of benzene rings is 1. The normalized spacial score (nSPS) is 17.9. The zero-order valence-electron chi connectivity index (χ0n) is 16.8. The van der Waals surface area contributed by atoms with Gasteiger partial charge in [-0.15, -0.1) is 0 Å². The van der Waals surface area contributed by atoms with Gasteiger partial charge in [-0.05, 0) is 62.7 Å². The average Bonchev–Trinajstić information content (AvgIpc) is 2.75. The summed E-state index contributed by atoms with van der Waals surface area (Å²) in [6.45, 7) is 6.66. The van der Waals surface area contributed by atoms with E-state index in [1.165, 1.54) is 0 Å². The number of aromatic nitrogens is 1. The molecule has 0 atom stereocenters. The van der Waals surface area contributed by atoms with Gasteiger partial charge in [-0.2, -0.15) is 0 Å². The highest BCUT2D eigenvalue weighted by Crippen LogP contribution is 2.22. The molecule has 0 spiro atoms. The van der Waals surface area contributed by atoms with E-state index in [-0.39, 0.29) is 23.1 Å². The monoisotopic (exact) mass is 396 g/mol. The number of morpholine rings is 1. The Morgan fingerprint density at radius 1 is 1.17 bits per heavy atom.